The normalized spacial score (nSPS) is 11.9. The molecule has 2 rings (SSSR count). The molecule has 0 N–H and O–H groups in total. The van der Waals surface area contributed by atoms with Crippen LogP contribution < -0.4 is 0 Å². The predicted molar refractivity (Wildman–Crippen MR) is 83.0 cm³/mol. The van der Waals surface area contributed by atoms with E-state index in [1.54, 1.807) is 0 Å². The minimum Gasteiger partial charge on any atom is -0.289 e. The maximum atomic E-state index is 12.8. The molecule has 0 spiro atoms. The van der Waals surface area contributed by atoms with Gasteiger partial charge in [-0.25, -0.2) is 4.98 Å². The quantitative estimate of drug-likeness (QED) is 0.400. The van der Waals surface area contributed by atoms with E-state index in [-0.39, 0.29) is 31.4 Å². The highest BCUT2D eigenvalue weighted by atomic mass is 79.9. The summed E-state index contributed by atoms with van der Waals surface area (Å²) in [5.74, 6) is 0. The molecule has 1 heterocycles. The summed E-state index contributed by atoms with van der Waals surface area (Å²) >= 11 is 26.1. The molecule has 0 fully saturated rings. The minimum atomic E-state index is -3.46. The van der Waals surface area contributed by atoms with Gasteiger partial charge >= 0.3 is 4.71 Å². The first-order valence-electron chi connectivity index (χ1n) is 4.82. The summed E-state index contributed by atoms with van der Waals surface area (Å²) in [6.07, 6.45) is 1.30. The summed E-state index contributed by atoms with van der Waals surface area (Å²) in [6, 6.07) is 2.97. The third kappa shape index (κ3) is 3.72. The van der Waals surface area contributed by atoms with Crippen molar-refractivity contribution in [3.63, 3.8) is 0 Å². The molecule has 1 aromatic carbocycles. The van der Waals surface area contributed by atoms with E-state index < -0.39 is 4.71 Å². The monoisotopic (exact) mass is 440 g/mol. The number of benzene rings is 1. The second-order valence-electron chi connectivity index (χ2n) is 3.48. The zero-order chi connectivity index (χ0) is 15.1. The Morgan fingerprint density at radius 1 is 1.20 bits per heavy atom. The van der Waals surface area contributed by atoms with Gasteiger partial charge in [0, 0.05) is 5.02 Å². The zero-order valence-corrected chi connectivity index (χ0v) is 14.6. The fourth-order valence-electron chi connectivity index (χ4n) is 1.42. The van der Waals surface area contributed by atoms with Crippen LogP contribution in [0.15, 0.2) is 28.1 Å². The highest BCUT2D eigenvalue weighted by Crippen LogP contribution is 2.43. The third-order valence-corrected chi connectivity index (χ3v) is 4.88. The molecular formula is C10H3BrCl4F2N2S. The Bertz CT molecular complexity index is 636. The van der Waals surface area contributed by atoms with Crippen molar-refractivity contribution in [1.29, 1.82) is 0 Å². The third-order valence-electron chi connectivity index (χ3n) is 2.11. The number of aromatic nitrogens is 2. The average Bonchev–Trinajstić information content (AvgIpc) is 2.58. The molecule has 0 aliphatic heterocycles. The van der Waals surface area contributed by atoms with Crippen LogP contribution in [-0.2, 0) is 0 Å². The molecule has 0 saturated carbocycles. The first-order chi connectivity index (χ1) is 9.19. The van der Waals surface area contributed by atoms with Gasteiger partial charge in [0.05, 0.1) is 15.7 Å². The maximum Gasteiger partial charge on any atom is 0.377 e. The Balaban J connectivity index is 2.50. The number of thioether (sulfide) groups is 1. The van der Waals surface area contributed by atoms with Crippen molar-refractivity contribution in [2.45, 2.75) is 9.74 Å². The molecule has 2 aromatic rings. The molecule has 1 aromatic heterocycles. The van der Waals surface area contributed by atoms with E-state index in [4.69, 9.17) is 46.4 Å². The topological polar surface area (TPSA) is 17.8 Å². The van der Waals surface area contributed by atoms with Crippen molar-refractivity contribution in [2.75, 3.05) is 0 Å². The maximum absolute atomic E-state index is 12.8. The SMILES string of the molecule is FC(F)(Cl)Sc1ncn(-c2c(Cl)cc(Cl)cc2Cl)c1Br. The Labute approximate surface area is 145 Å². The molecule has 0 unspecified atom stereocenters. The summed E-state index contributed by atoms with van der Waals surface area (Å²) in [4.78, 5) is 3.85. The van der Waals surface area contributed by atoms with E-state index >= 15 is 0 Å². The van der Waals surface area contributed by atoms with E-state index in [1.165, 1.54) is 23.0 Å². The van der Waals surface area contributed by atoms with Crippen LogP contribution in [0.4, 0.5) is 8.78 Å². The summed E-state index contributed by atoms with van der Waals surface area (Å²) < 4.78 is 23.8. The molecular weight excluding hydrogens is 440 g/mol. The van der Waals surface area contributed by atoms with E-state index in [0.29, 0.717) is 10.7 Å². The van der Waals surface area contributed by atoms with E-state index in [9.17, 15) is 8.78 Å². The van der Waals surface area contributed by atoms with Crippen LogP contribution in [0.5, 0.6) is 0 Å². The number of halogens is 7. The van der Waals surface area contributed by atoms with Gasteiger partial charge in [0.15, 0.2) is 0 Å². The van der Waals surface area contributed by atoms with Crippen molar-refractivity contribution in [1.82, 2.24) is 9.55 Å². The fraction of sp³-hybridized carbons (Fsp3) is 0.100. The van der Waals surface area contributed by atoms with E-state index in [0.717, 1.165) is 0 Å². The summed E-state index contributed by atoms with van der Waals surface area (Å²) in [6.45, 7) is 0. The first kappa shape index (κ1) is 16.6. The van der Waals surface area contributed by atoms with Gasteiger partial charge in [-0.3, -0.25) is 4.57 Å². The highest BCUT2D eigenvalue weighted by molar-refractivity contribution is 9.10. The number of hydrogen-bond acceptors (Lipinski definition) is 2. The van der Waals surface area contributed by atoms with Crippen LogP contribution in [0.25, 0.3) is 5.69 Å². The van der Waals surface area contributed by atoms with Crippen LogP contribution in [0.2, 0.25) is 15.1 Å². The highest BCUT2D eigenvalue weighted by Gasteiger charge is 2.30. The summed E-state index contributed by atoms with van der Waals surface area (Å²) in [5, 5.41) is 0.888. The largest absolute Gasteiger partial charge is 0.377 e. The molecule has 108 valence electrons. The minimum absolute atomic E-state index is 0.00656. The van der Waals surface area contributed by atoms with Crippen LogP contribution in [0, 0.1) is 0 Å². The molecule has 10 heteroatoms. The Morgan fingerprint density at radius 2 is 1.75 bits per heavy atom. The van der Waals surface area contributed by atoms with Crippen molar-refractivity contribution in [3.8, 4) is 5.69 Å². The standard InChI is InChI=1S/C10H3BrCl4F2N2S/c11-8-9(20-10(15,16)17)18-3-19(8)7-5(13)1-4(12)2-6(7)14/h1-3H. The lowest BCUT2D eigenvalue weighted by Gasteiger charge is -2.10. The predicted octanol–water partition coefficient (Wildman–Crippen LogP) is 6.48. The second kappa shape index (κ2) is 6.18. The molecule has 0 aliphatic carbocycles. The molecule has 2 nitrogen and oxygen atoms in total. The zero-order valence-electron chi connectivity index (χ0n) is 9.18. The second-order valence-corrected chi connectivity index (χ2v) is 7.28. The average molecular weight is 443 g/mol. The van der Waals surface area contributed by atoms with Crippen molar-refractivity contribution in [2.24, 2.45) is 0 Å². The van der Waals surface area contributed by atoms with Crippen molar-refractivity contribution >= 4 is 74.1 Å². The van der Waals surface area contributed by atoms with Gasteiger partial charge in [0.2, 0.25) is 0 Å². The van der Waals surface area contributed by atoms with Crippen molar-refractivity contribution in [3.05, 3.63) is 38.1 Å². The van der Waals surface area contributed by atoms with Gasteiger partial charge in [-0.05, 0) is 51.4 Å². The number of nitrogens with zero attached hydrogens (tertiary/aromatic N) is 2. The number of rotatable bonds is 3. The lowest BCUT2D eigenvalue weighted by Crippen LogP contribution is -1.99. The summed E-state index contributed by atoms with van der Waals surface area (Å²) in [7, 11) is 0. The molecule has 0 amide bonds. The number of hydrogen-bond donors (Lipinski definition) is 0. The molecule has 0 saturated heterocycles. The molecule has 20 heavy (non-hydrogen) atoms. The van der Waals surface area contributed by atoms with Crippen LogP contribution in [0.1, 0.15) is 0 Å². The molecule has 0 bridgehead atoms. The Kier molecular flexibility index (Phi) is 5.15. The van der Waals surface area contributed by atoms with Gasteiger partial charge < -0.3 is 0 Å². The van der Waals surface area contributed by atoms with Gasteiger partial charge in [0.1, 0.15) is 16.0 Å². The number of alkyl halides is 3. The first-order valence-corrected chi connectivity index (χ1v) is 7.94. The Morgan fingerprint density at radius 3 is 2.25 bits per heavy atom. The summed E-state index contributed by atoms with van der Waals surface area (Å²) in [5.41, 5.74) is 0.377. The van der Waals surface area contributed by atoms with Crippen molar-refractivity contribution < 1.29 is 8.78 Å². The van der Waals surface area contributed by atoms with Gasteiger partial charge in [-0.2, -0.15) is 8.78 Å². The molecule has 0 radical (unpaired) electrons. The van der Waals surface area contributed by atoms with Gasteiger partial charge in [0.25, 0.3) is 0 Å². The molecule has 0 aliphatic rings. The smallest absolute Gasteiger partial charge is 0.289 e. The fourth-order valence-corrected chi connectivity index (χ4v) is 3.75. The van der Waals surface area contributed by atoms with E-state index in [1.807, 2.05) is 0 Å². The van der Waals surface area contributed by atoms with Crippen LogP contribution in [-0.4, -0.2) is 14.3 Å². The van der Waals surface area contributed by atoms with Gasteiger partial charge in [-0.15, -0.1) is 0 Å². The Hall–Kier alpha value is 0.280. The van der Waals surface area contributed by atoms with Gasteiger partial charge in [-0.1, -0.05) is 34.8 Å². The lowest BCUT2D eigenvalue weighted by atomic mass is 10.3. The van der Waals surface area contributed by atoms with E-state index in [2.05, 4.69) is 20.9 Å². The number of imidazole rings is 1. The van der Waals surface area contributed by atoms with Crippen LogP contribution in [0.3, 0.4) is 0 Å². The van der Waals surface area contributed by atoms with Crippen LogP contribution >= 0.6 is 74.1 Å². The molecule has 0 atom stereocenters. The lowest BCUT2D eigenvalue weighted by molar-refractivity contribution is 0.203.